The van der Waals surface area contributed by atoms with Crippen molar-refractivity contribution in [2.75, 3.05) is 32.8 Å². The molecule has 1 rings (SSSR count). The zero-order valence-corrected chi connectivity index (χ0v) is 5.75. The molecule has 1 fully saturated rings. The van der Waals surface area contributed by atoms with E-state index in [-0.39, 0.29) is 19.2 Å². The molecule has 1 saturated heterocycles. The maximum absolute atomic E-state index is 10.7. The van der Waals surface area contributed by atoms with E-state index >= 15 is 0 Å². The van der Waals surface area contributed by atoms with E-state index < -0.39 is 0 Å². The first-order valence-electron chi connectivity index (χ1n) is 3.32. The van der Waals surface area contributed by atoms with Gasteiger partial charge in [-0.05, 0) is 0 Å². The molecule has 0 unspecified atom stereocenters. The molecule has 4 heteroatoms. The van der Waals surface area contributed by atoms with Gasteiger partial charge in [0.05, 0.1) is 13.2 Å². The fourth-order valence-electron chi connectivity index (χ4n) is 0.617. The Morgan fingerprint density at radius 1 is 1.60 bits per heavy atom. The normalized spacial score (nSPS) is 16.9. The molecule has 0 amide bonds. The van der Waals surface area contributed by atoms with Crippen molar-refractivity contribution >= 4 is 5.97 Å². The first-order valence-corrected chi connectivity index (χ1v) is 3.32. The molecule has 58 valence electrons. The summed E-state index contributed by atoms with van der Waals surface area (Å²) < 4.78 is 4.61. The summed E-state index contributed by atoms with van der Waals surface area (Å²) in [6.45, 7) is 2.39. The van der Waals surface area contributed by atoms with Gasteiger partial charge in [-0.15, -0.1) is 0 Å². The molecule has 0 saturated carbocycles. The fourth-order valence-corrected chi connectivity index (χ4v) is 0.617. The number of ether oxygens (including phenoxy) is 1. The standard InChI is InChI=1S/C6H11NO3/c8-3-4-10-6(9)5-7-1-2-7/h8H,1-5H2. The van der Waals surface area contributed by atoms with Crippen LogP contribution >= 0.6 is 0 Å². The molecular formula is C6H11NO3. The summed E-state index contributed by atoms with van der Waals surface area (Å²) in [5, 5.41) is 8.27. The summed E-state index contributed by atoms with van der Waals surface area (Å²) in [6.07, 6.45) is 0. The Labute approximate surface area is 59.4 Å². The van der Waals surface area contributed by atoms with Crippen LogP contribution in [0.5, 0.6) is 0 Å². The third-order valence-corrected chi connectivity index (χ3v) is 1.25. The van der Waals surface area contributed by atoms with E-state index in [2.05, 4.69) is 4.74 Å². The van der Waals surface area contributed by atoms with Crippen LogP contribution in [0.15, 0.2) is 0 Å². The van der Waals surface area contributed by atoms with Crippen LogP contribution in [-0.4, -0.2) is 48.8 Å². The summed E-state index contributed by atoms with van der Waals surface area (Å²) in [4.78, 5) is 12.6. The average molecular weight is 145 g/mol. The zero-order valence-electron chi connectivity index (χ0n) is 5.75. The molecule has 1 heterocycles. The summed E-state index contributed by atoms with van der Waals surface area (Å²) in [7, 11) is 0. The van der Waals surface area contributed by atoms with Crippen molar-refractivity contribution in [3.8, 4) is 0 Å². The zero-order chi connectivity index (χ0) is 7.40. The molecule has 0 aromatic carbocycles. The van der Waals surface area contributed by atoms with Crippen molar-refractivity contribution < 1.29 is 14.6 Å². The number of carbonyl (C=O) groups excluding carboxylic acids is 1. The second-order valence-corrected chi connectivity index (χ2v) is 2.22. The van der Waals surface area contributed by atoms with Crippen LogP contribution in [0.2, 0.25) is 0 Å². The molecule has 0 aliphatic carbocycles. The molecule has 1 aliphatic rings. The van der Waals surface area contributed by atoms with E-state index in [0.29, 0.717) is 6.54 Å². The lowest BCUT2D eigenvalue weighted by Crippen LogP contribution is -2.17. The van der Waals surface area contributed by atoms with Crippen molar-refractivity contribution in [2.24, 2.45) is 0 Å². The van der Waals surface area contributed by atoms with E-state index in [1.165, 1.54) is 0 Å². The van der Waals surface area contributed by atoms with Crippen LogP contribution in [0, 0.1) is 0 Å². The third kappa shape index (κ3) is 2.80. The maximum Gasteiger partial charge on any atom is 0.320 e. The minimum Gasteiger partial charge on any atom is -0.462 e. The maximum atomic E-state index is 10.7. The number of rotatable bonds is 4. The molecule has 0 bridgehead atoms. The molecular weight excluding hydrogens is 134 g/mol. The van der Waals surface area contributed by atoms with Crippen LogP contribution in [0.1, 0.15) is 0 Å². The van der Waals surface area contributed by atoms with Gasteiger partial charge in [0.1, 0.15) is 6.61 Å². The van der Waals surface area contributed by atoms with Gasteiger partial charge in [0, 0.05) is 13.1 Å². The van der Waals surface area contributed by atoms with Crippen LogP contribution < -0.4 is 0 Å². The monoisotopic (exact) mass is 145 g/mol. The Balaban J connectivity index is 1.97. The van der Waals surface area contributed by atoms with Crippen molar-refractivity contribution in [1.82, 2.24) is 4.90 Å². The van der Waals surface area contributed by atoms with E-state index in [1.807, 2.05) is 4.90 Å². The average Bonchev–Trinajstić information content (AvgIpc) is 2.67. The Bertz CT molecular complexity index is 122. The quantitative estimate of drug-likeness (QED) is 0.400. The molecule has 0 radical (unpaired) electrons. The Kier molecular flexibility index (Phi) is 2.65. The van der Waals surface area contributed by atoms with E-state index in [1.54, 1.807) is 0 Å². The Morgan fingerprint density at radius 2 is 2.30 bits per heavy atom. The van der Waals surface area contributed by atoms with E-state index in [4.69, 9.17) is 5.11 Å². The highest BCUT2D eigenvalue weighted by Crippen LogP contribution is 2.01. The van der Waals surface area contributed by atoms with Gasteiger partial charge >= 0.3 is 5.97 Å². The van der Waals surface area contributed by atoms with Crippen molar-refractivity contribution in [3.63, 3.8) is 0 Å². The highest BCUT2D eigenvalue weighted by Gasteiger charge is 2.20. The van der Waals surface area contributed by atoms with Crippen molar-refractivity contribution in [3.05, 3.63) is 0 Å². The smallest absolute Gasteiger partial charge is 0.320 e. The number of esters is 1. The summed E-state index contributed by atoms with van der Waals surface area (Å²) in [6, 6.07) is 0. The second kappa shape index (κ2) is 3.53. The van der Waals surface area contributed by atoms with Gasteiger partial charge in [-0.2, -0.15) is 0 Å². The third-order valence-electron chi connectivity index (χ3n) is 1.25. The second-order valence-electron chi connectivity index (χ2n) is 2.22. The Morgan fingerprint density at radius 3 is 2.80 bits per heavy atom. The molecule has 1 N–H and O–H groups in total. The number of nitrogens with zero attached hydrogens (tertiary/aromatic N) is 1. The molecule has 4 nitrogen and oxygen atoms in total. The molecule has 0 aromatic rings. The van der Waals surface area contributed by atoms with Crippen LogP contribution in [0.4, 0.5) is 0 Å². The Hall–Kier alpha value is -0.610. The summed E-state index contributed by atoms with van der Waals surface area (Å²) in [5.41, 5.74) is 0. The highest BCUT2D eigenvalue weighted by molar-refractivity contribution is 5.71. The molecule has 0 spiro atoms. The SMILES string of the molecule is O=C(CN1CC1)OCCO. The summed E-state index contributed by atoms with van der Waals surface area (Å²) >= 11 is 0. The van der Waals surface area contributed by atoms with Gasteiger partial charge in [0.2, 0.25) is 0 Å². The van der Waals surface area contributed by atoms with E-state index in [9.17, 15) is 4.79 Å². The number of aliphatic hydroxyl groups is 1. The van der Waals surface area contributed by atoms with Gasteiger partial charge in [-0.25, -0.2) is 0 Å². The minimum absolute atomic E-state index is 0.0915. The summed E-state index contributed by atoms with van der Waals surface area (Å²) in [5.74, 6) is -0.244. The number of hydrogen-bond donors (Lipinski definition) is 1. The predicted octanol–water partition coefficient (Wildman–Crippen LogP) is -1.16. The predicted molar refractivity (Wildman–Crippen MR) is 34.5 cm³/mol. The van der Waals surface area contributed by atoms with Gasteiger partial charge in [0.25, 0.3) is 0 Å². The molecule has 1 aliphatic heterocycles. The van der Waals surface area contributed by atoms with Gasteiger partial charge in [-0.1, -0.05) is 0 Å². The van der Waals surface area contributed by atoms with Crippen molar-refractivity contribution in [1.29, 1.82) is 0 Å². The van der Waals surface area contributed by atoms with Crippen LogP contribution in [0.25, 0.3) is 0 Å². The van der Waals surface area contributed by atoms with E-state index in [0.717, 1.165) is 13.1 Å². The molecule has 10 heavy (non-hydrogen) atoms. The first-order chi connectivity index (χ1) is 4.83. The highest BCUT2D eigenvalue weighted by atomic mass is 16.5. The largest absolute Gasteiger partial charge is 0.462 e. The van der Waals surface area contributed by atoms with Crippen LogP contribution in [-0.2, 0) is 9.53 Å². The van der Waals surface area contributed by atoms with Crippen molar-refractivity contribution in [2.45, 2.75) is 0 Å². The minimum atomic E-state index is -0.244. The lowest BCUT2D eigenvalue weighted by Gasteiger charge is -2.01. The fraction of sp³-hybridized carbons (Fsp3) is 0.833. The number of carbonyl (C=O) groups is 1. The topological polar surface area (TPSA) is 49.5 Å². The number of hydrogen-bond acceptors (Lipinski definition) is 4. The molecule has 0 atom stereocenters. The van der Waals surface area contributed by atoms with Crippen LogP contribution in [0.3, 0.4) is 0 Å². The van der Waals surface area contributed by atoms with Gasteiger partial charge in [0.15, 0.2) is 0 Å². The first kappa shape index (κ1) is 7.50. The molecule has 0 aromatic heterocycles. The van der Waals surface area contributed by atoms with Gasteiger partial charge in [-0.3, -0.25) is 9.69 Å². The lowest BCUT2D eigenvalue weighted by molar-refractivity contribution is -0.144. The number of aliphatic hydroxyl groups excluding tert-OH is 1. The van der Waals surface area contributed by atoms with Gasteiger partial charge < -0.3 is 9.84 Å². The lowest BCUT2D eigenvalue weighted by atomic mass is 10.6.